The van der Waals surface area contributed by atoms with Gasteiger partial charge in [0.1, 0.15) is 6.29 Å². The van der Waals surface area contributed by atoms with Crippen LogP contribution in [0.15, 0.2) is 47.7 Å². The van der Waals surface area contributed by atoms with Crippen molar-refractivity contribution in [2.45, 2.75) is 132 Å². The number of nitrogens with one attached hydrogen (secondary N) is 1. The van der Waals surface area contributed by atoms with Crippen molar-refractivity contribution in [2.24, 2.45) is 11.8 Å². The summed E-state index contributed by atoms with van der Waals surface area (Å²) in [5.41, 5.74) is 13.4. The first-order valence-electron chi connectivity index (χ1n) is 19.8. The molecule has 0 bridgehead atoms. The molecule has 2 saturated carbocycles. The molecule has 5 nitrogen and oxygen atoms in total. The highest BCUT2D eigenvalue weighted by Crippen LogP contribution is 2.46. The fraction of sp³-hybridized carbons (Fsp3) is 0.622. The molecule has 0 amide bonds. The van der Waals surface area contributed by atoms with Gasteiger partial charge in [-0.2, -0.15) is 0 Å². The van der Waals surface area contributed by atoms with Gasteiger partial charge in [-0.3, -0.25) is 14.6 Å². The average Bonchev–Trinajstić information content (AvgIpc) is 4.04. The molecule has 1 unspecified atom stereocenters. The van der Waals surface area contributed by atoms with Crippen molar-refractivity contribution >= 4 is 11.9 Å². The molecular weight excluding hydrogens is 613 g/mol. The van der Waals surface area contributed by atoms with Gasteiger partial charge in [-0.1, -0.05) is 91.6 Å². The van der Waals surface area contributed by atoms with Crippen LogP contribution in [0.4, 0.5) is 0 Å². The zero-order valence-corrected chi connectivity index (χ0v) is 33.9. The monoisotopic (exact) mass is 683 g/mol. The summed E-state index contributed by atoms with van der Waals surface area (Å²) in [5.74, 6) is 2.11. The maximum Gasteiger partial charge on any atom is 0.146 e. The van der Waals surface area contributed by atoms with Crippen LogP contribution in [0.1, 0.15) is 139 Å². The largest absolute Gasteiger partial charge is 0.383 e. The van der Waals surface area contributed by atoms with Gasteiger partial charge in [-0.15, -0.1) is 0 Å². The number of fused-ring (bicyclic) bond motifs is 1. The van der Waals surface area contributed by atoms with E-state index in [4.69, 9.17) is 0 Å². The van der Waals surface area contributed by atoms with Crippen LogP contribution < -0.4 is 5.32 Å². The normalized spacial score (nSPS) is 20.8. The predicted molar refractivity (Wildman–Crippen MR) is 214 cm³/mol. The highest BCUT2D eigenvalue weighted by molar-refractivity contribution is 5.87. The molecule has 6 rings (SSSR count). The Morgan fingerprint density at radius 2 is 1.72 bits per heavy atom. The van der Waals surface area contributed by atoms with Crippen molar-refractivity contribution in [2.75, 3.05) is 40.3 Å². The lowest BCUT2D eigenvalue weighted by Gasteiger charge is -2.43. The van der Waals surface area contributed by atoms with Crippen LogP contribution in [0.2, 0.25) is 0 Å². The molecule has 1 saturated heterocycles. The Hall–Kier alpha value is -2.73. The summed E-state index contributed by atoms with van der Waals surface area (Å²) in [7, 11) is 4.10. The second kappa shape index (κ2) is 17.7. The highest BCUT2D eigenvalue weighted by atomic mass is 16.1. The van der Waals surface area contributed by atoms with Gasteiger partial charge < -0.3 is 10.2 Å². The van der Waals surface area contributed by atoms with E-state index in [2.05, 4.69) is 105 Å². The molecule has 3 fully saturated rings. The molecule has 1 N–H and O–H groups in total. The van der Waals surface area contributed by atoms with E-state index >= 15 is 0 Å². The summed E-state index contributed by atoms with van der Waals surface area (Å²) >= 11 is 0. The first-order valence-corrected chi connectivity index (χ1v) is 19.8. The van der Waals surface area contributed by atoms with Crippen molar-refractivity contribution in [3.63, 3.8) is 0 Å². The zero-order valence-electron chi connectivity index (χ0n) is 33.9. The van der Waals surface area contributed by atoms with Gasteiger partial charge in [-0.25, -0.2) is 0 Å². The highest BCUT2D eigenvalue weighted by Gasteiger charge is 2.51. The molecule has 1 spiro atoms. The Balaban J connectivity index is 0.000000859. The maximum atomic E-state index is 11.7. The van der Waals surface area contributed by atoms with Gasteiger partial charge in [0.25, 0.3) is 0 Å². The Morgan fingerprint density at radius 3 is 2.28 bits per heavy atom. The average molecular weight is 683 g/mol. The first kappa shape index (κ1) is 40.0. The SMILES string of the molecule is C/C(C=O)=C(C)/C(=C\N(C)C)c1cc(C)c(CN2CCN(Cc3cccc4c3CCNC4C(C)C)C3(CC3)C2)c(C(C)C)c1.CC.CC1CC1. The van der Waals surface area contributed by atoms with Crippen molar-refractivity contribution in [3.8, 4) is 0 Å². The number of hydrogen-bond donors (Lipinski definition) is 1. The number of allylic oxidation sites excluding steroid dienone is 3. The molecule has 2 aromatic rings. The van der Waals surface area contributed by atoms with Gasteiger partial charge in [0.2, 0.25) is 0 Å². The number of aldehydes is 1. The van der Waals surface area contributed by atoms with Gasteiger partial charge in [-0.05, 0) is 114 Å². The summed E-state index contributed by atoms with van der Waals surface area (Å²) in [6.45, 7) is 28.4. The van der Waals surface area contributed by atoms with Gasteiger partial charge >= 0.3 is 0 Å². The summed E-state index contributed by atoms with van der Waals surface area (Å²) in [5, 5.41) is 3.77. The van der Waals surface area contributed by atoms with Gasteiger partial charge in [0.05, 0.1) is 0 Å². The molecule has 50 heavy (non-hydrogen) atoms. The van der Waals surface area contributed by atoms with Crippen LogP contribution in [0.5, 0.6) is 0 Å². The molecule has 1 atom stereocenters. The molecule has 276 valence electrons. The Bertz CT molecular complexity index is 1510. The molecule has 4 aliphatic rings. The molecule has 0 radical (unpaired) electrons. The lowest BCUT2D eigenvalue weighted by atomic mass is 9.85. The smallest absolute Gasteiger partial charge is 0.146 e. The number of nitrogens with zero attached hydrogens (tertiary/aromatic N) is 3. The van der Waals surface area contributed by atoms with E-state index in [9.17, 15) is 4.79 Å². The van der Waals surface area contributed by atoms with E-state index in [1.54, 1.807) is 11.1 Å². The fourth-order valence-corrected chi connectivity index (χ4v) is 7.83. The minimum atomic E-state index is 0.326. The lowest BCUT2D eigenvalue weighted by molar-refractivity contribution is -0.104. The summed E-state index contributed by atoms with van der Waals surface area (Å²) in [4.78, 5) is 19.3. The summed E-state index contributed by atoms with van der Waals surface area (Å²) < 4.78 is 0. The lowest BCUT2D eigenvalue weighted by Crippen LogP contribution is -2.54. The summed E-state index contributed by atoms with van der Waals surface area (Å²) in [6, 6.07) is 12.3. The van der Waals surface area contributed by atoms with Crippen molar-refractivity contribution < 1.29 is 4.79 Å². The third kappa shape index (κ3) is 9.78. The Morgan fingerprint density at radius 1 is 1.04 bits per heavy atom. The van der Waals surface area contributed by atoms with E-state index in [0.29, 0.717) is 23.4 Å². The van der Waals surface area contributed by atoms with Crippen LogP contribution in [0, 0.1) is 18.8 Å². The molecule has 5 heteroatoms. The van der Waals surface area contributed by atoms with E-state index in [-0.39, 0.29) is 0 Å². The first-order chi connectivity index (χ1) is 23.8. The topological polar surface area (TPSA) is 38.8 Å². The molecule has 2 aliphatic heterocycles. The van der Waals surface area contributed by atoms with E-state index in [1.165, 1.54) is 53.5 Å². The van der Waals surface area contributed by atoms with E-state index in [0.717, 1.165) is 74.6 Å². The molecule has 2 aromatic carbocycles. The van der Waals surface area contributed by atoms with Crippen molar-refractivity contribution in [3.05, 3.63) is 86.6 Å². The molecule has 0 aromatic heterocycles. The fourth-order valence-electron chi connectivity index (χ4n) is 7.83. The number of benzene rings is 2. The van der Waals surface area contributed by atoms with Gasteiger partial charge in [0.15, 0.2) is 0 Å². The van der Waals surface area contributed by atoms with Crippen LogP contribution in [0.25, 0.3) is 5.57 Å². The molecule has 2 aliphatic carbocycles. The maximum absolute atomic E-state index is 11.7. The number of piperazine rings is 1. The number of rotatable bonds is 10. The minimum absolute atomic E-state index is 0.326. The third-order valence-corrected chi connectivity index (χ3v) is 11.4. The summed E-state index contributed by atoms with van der Waals surface area (Å²) in [6.07, 6.45) is 9.86. The predicted octanol–water partition coefficient (Wildman–Crippen LogP) is 9.69. The third-order valence-electron chi connectivity index (χ3n) is 11.4. The van der Waals surface area contributed by atoms with Crippen molar-refractivity contribution in [1.82, 2.24) is 20.0 Å². The Kier molecular flexibility index (Phi) is 14.1. The van der Waals surface area contributed by atoms with Crippen LogP contribution >= 0.6 is 0 Å². The van der Waals surface area contributed by atoms with Crippen LogP contribution in [0.3, 0.4) is 0 Å². The quantitative estimate of drug-likeness (QED) is 0.154. The molecule has 2 heterocycles. The Labute approximate surface area is 306 Å². The second-order valence-corrected chi connectivity index (χ2v) is 16.4. The standard InChI is InChI=1S/C39H56N4O.C4H8.C2H6/c1-26(2)35-20-32(37(22-41(8)9)30(7)29(6)24-44)19-28(5)36(35)23-42-17-18-43(39(25-42)14-15-39)21-31-11-10-12-34-33(31)13-16-40-38(34)27(3)4;1-4-2-3-4;1-2/h10-12,19-20,22,24,26-27,38,40H,13-18,21,23,25H2,1-9H3;4H,2-3H2,1H3;1-2H3/b30-29-,37-22+;;. The van der Waals surface area contributed by atoms with Crippen molar-refractivity contribution in [1.29, 1.82) is 0 Å². The zero-order chi connectivity index (χ0) is 36.7. The minimum Gasteiger partial charge on any atom is -0.383 e. The van der Waals surface area contributed by atoms with Crippen LogP contribution in [-0.2, 0) is 24.3 Å². The molecular formula is C45H70N4O. The van der Waals surface area contributed by atoms with Gasteiger partial charge in [0, 0.05) is 70.2 Å². The number of carbonyl (C=O) groups is 1. The van der Waals surface area contributed by atoms with E-state index in [1.807, 2.05) is 34.9 Å². The number of hydrogen-bond acceptors (Lipinski definition) is 5. The van der Waals surface area contributed by atoms with E-state index < -0.39 is 0 Å². The second-order valence-electron chi connectivity index (χ2n) is 16.4. The number of carbonyl (C=O) groups excluding carboxylic acids is 1. The number of aryl methyl sites for hydroxylation is 1. The van der Waals surface area contributed by atoms with Crippen LogP contribution in [-0.4, -0.2) is 66.8 Å².